The molecule has 7 N–H and O–H groups in total. The van der Waals surface area contributed by atoms with Crippen molar-refractivity contribution in [2.24, 2.45) is 0 Å². The molecular formula is C31H30O13. The second-order valence-electron chi connectivity index (χ2n) is 10.8. The van der Waals surface area contributed by atoms with Crippen LogP contribution in [-0.2, 0) is 9.53 Å². The third-order valence-corrected chi connectivity index (χ3v) is 7.26. The Kier molecular flexibility index (Phi) is 8.14. The van der Waals surface area contributed by atoms with E-state index in [1.807, 2.05) is 13.8 Å². The predicted octanol–water partition coefficient (Wildman–Crippen LogP) is 3.07. The van der Waals surface area contributed by atoms with Crippen LogP contribution in [0.5, 0.6) is 34.5 Å². The first-order chi connectivity index (χ1) is 20.7. The number of aliphatic hydroxyl groups excluding tert-OH is 3. The molecule has 0 amide bonds. The van der Waals surface area contributed by atoms with Crippen molar-refractivity contribution in [1.82, 2.24) is 0 Å². The van der Waals surface area contributed by atoms with Gasteiger partial charge in [0.25, 0.3) is 0 Å². The first kappa shape index (κ1) is 30.6. The van der Waals surface area contributed by atoms with Crippen LogP contribution in [0.4, 0.5) is 0 Å². The average Bonchev–Trinajstić information content (AvgIpc) is 2.95. The second-order valence-corrected chi connectivity index (χ2v) is 10.8. The summed E-state index contributed by atoms with van der Waals surface area (Å²) in [6.07, 6.45) is -9.38. The van der Waals surface area contributed by atoms with E-state index in [1.54, 1.807) is 19.1 Å². The number of aliphatic carboxylic acids is 1. The lowest BCUT2D eigenvalue weighted by Crippen LogP contribution is -2.61. The van der Waals surface area contributed by atoms with Crippen LogP contribution in [0.15, 0.2) is 57.7 Å². The van der Waals surface area contributed by atoms with Crippen molar-refractivity contribution < 1.29 is 59.2 Å². The summed E-state index contributed by atoms with van der Waals surface area (Å²) in [7, 11) is 0. The van der Waals surface area contributed by atoms with E-state index >= 15 is 0 Å². The van der Waals surface area contributed by atoms with E-state index < -0.39 is 47.9 Å². The van der Waals surface area contributed by atoms with Gasteiger partial charge in [0.1, 0.15) is 58.0 Å². The largest absolute Gasteiger partial charge is 0.508 e. The number of aromatic hydroxyl groups is 3. The number of carboxylic acids is 1. The number of hydrogen-bond acceptors (Lipinski definition) is 12. The van der Waals surface area contributed by atoms with Gasteiger partial charge in [0.15, 0.2) is 23.0 Å². The number of ether oxygens (including phenoxy) is 3. The number of fused-ring (bicyclic) bond motifs is 1. The fourth-order valence-electron chi connectivity index (χ4n) is 4.83. The van der Waals surface area contributed by atoms with Crippen LogP contribution in [0.3, 0.4) is 0 Å². The Bertz CT molecular complexity index is 1790. The van der Waals surface area contributed by atoms with Gasteiger partial charge in [-0.25, -0.2) is 4.79 Å². The summed E-state index contributed by atoms with van der Waals surface area (Å²) in [6.45, 7) is 5.54. The third-order valence-electron chi connectivity index (χ3n) is 7.26. The highest BCUT2D eigenvalue weighted by Crippen LogP contribution is 2.40. The molecule has 1 aliphatic heterocycles. The number of hydrogen-bond donors (Lipinski definition) is 7. The molecule has 0 radical (unpaired) electrons. The maximum absolute atomic E-state index is 13.0. The highest BCUT2D eigenvalue weighted by molar-refractivity contribution is 5.86. The molecule has 0 aliphatic carbocycles. The van der Waals surface area contributed by atoms with Crippen molar-refractivity contribution in [3.63, 3.8) is 0 Å². The summed E-state index contributed by atoms with van der Waals surface area (Å²) >= 11 is 0. The molecule has 1 fully saturated rings. The summed E-state index contributed by atoms with van der Waals surface area (Å²) < 4.78 is 22.6. The minimum absolute atomic E-state index is 0.0205. The van der Waals surface area contributed by atoms with Gasteiger partial charge in [-0.15, -0.1) is 0 Å². The minimum atomic E-state index is -1.93. The molecule has 0 bridgehead atoms. The Hall–Kier alpha value is -4.82. The molecule has 2 heterocycles. The van der Waals surface area contributed by atoms with Crippen molar-refractivity contribution in [3.05, 3.63) is 69.9 Å². The van der Waals surface area contributed by atoms with Crippen LogP contribution in [0.2, 0.25) is 0 Å². The number of aliphatic hydroxyl groups is 3. The van der Waals surface area contributed by atoms with E-state index in [0.717, 1.165) is 12.1 Å². The standard InChI is InChI=1S/C31H30O13/c1-12(2)16-10-18(33)13(3)6-22(16)43-23-7-14(4-5-17(23)32)21-11-20(35)25-19(34)8-15(9-24(25)42-21)41-31-28(38)26(36)27(37)29(44-31)30(39)40/h4-12,26-29,31-34,36-38H,1-3H3,(H,39,40)/t26-,27-,28+,29-,31+/m0/s1. The zero-order valence-corrected chi connectivity index (χ0v) is 23.7. The molecule has 232 valence electrons. The van der Waals surface area contributed by atoms with Crippen LogP contribution in [0.25, 0.3) is 22.3 Å². The van der Waals surface area contributed by atoms with Gasteiger partial charge < -0.3 is 54.4 Å². The van der Waals surface area contributed by atoms with Crippen molar-refractivity contribution >= 4 is 16.9 Å². The summed E-state index contributed by atoms with van der Waals surface area (Å²) in [6, 6.07) is 10.8. The highest BCUT2D eigenvalue weighted by atomic mass is 16.7. The predicted molar refractivity (Wildman–Crippen MR) is 153 cm³/mol. The Labute approximate surface area is 249 Å². The molecule has 13 heteroatoms. The number of carboxylic acid groups (broad SMARTS) is 1. The van der Waals surface area contributed by atoms with Crippen LogP contribution in [0, 0.1) is 6.92 Å². The van der Waals surface area contributed by atoms with Gasteiger partial charge in [0, 0.05) is 29.3 Å². The van der Waals surface area contributed by atoms with Crippen LogP contribution >= 0.6 is 0 Å². The monoisotopic (exact) mass is 610 g/mol. The lowest BCUT2D eigenvalue weighted by Gasteiger charge is -2.38. The lowest BCUT2D eigenvalue weighted by molar-refractivity contribution is -0.271. The van der Waals surface area contributed by atoms with Gasteiger partial charge in [-0.3, -0.25) is 4.79 Å². The Morgan fingerprint density at radius 3 is 2.27 bits per heavy atom. The molecule has 1 aromatic heterocycles. The molecule has 5 atom stereocenters. The van der Waals surface area contributed by atoms with E-state index in [0.29, 0.717) is 22.4 Å². The molecule has 0 saturated carbocycles. The van der Waals surface area contributed by atoms with E-state index in [9.17, 15) is 45.3 Å². The maximum Gasteiger partial charge on any atom is 0.335 e. The van der Waals surface area contributed by atoms with Crippen molar-refractivity contribution in [2.75, 3.05) is 0 Å². The van der Waals surface area contributed by atoms with Crippen LogP contribution < -0.4 is 14.9 Å². The molecular weight excluding hydrogens is 580 g/mol. The Morgan fingerprint density at radius 2 is 1.59 bits per heavy atom. The number of aryl methyl sites for hydroxylation is 1. The molecule has 0 unspecified atom stereocenters. The Morgan fingerprint density at radius 1 is 0.864 bits per heavy atom. The maximum atomic E-state index is 13.0. The molecule has 13 nitrogen and oxygen atoms in total. The number of rotatable bonds is 7. The number of benzene rings is 3. The number of phenols is 3. The molecule has 0 spiro atoms. The normalized spacial score (nSPS) is 21.8. The topological polar surface area (TPSA) is 217 Å². The molecule has 44 heavy (non-hydrogen) atoms. The van der Waals surface area contributed by atoms with E-state index in [4.69, 9.17) is 18.6 Å². The first-order valence-corrected chi connectivity index (χ1v) is 13.5. The van der Waals surface area contributed by atoms with Crippen LogP contribution in [0.1, 0.15) is 30.9 Å². The average molecular weight is 611 g/mol. The quantitative estimate of drug-likeness (QED) is 0.160. The fourth-order valence-corrected chi connectivity index (χ4v) is 4.83. The third kappa shape index (κ3) is 5.73. The summed E-state index contributed by atoms with van der Waals surface area (Å²) in [5.41, 5.74) is 0.790. The first-order valence-electron chi connectivity index (χ1n) is 13.5. The summed E-state index contributed by atoms with van der Waals surface area (Å²) in [5.74, 6) is -2.04. The zero-order chi connectivity index (χ0) is 32.0. The van der Waals surface area contributed by atoms with Gasteiger partial charge in [0.2, 0.25) is 6.29 Å². The highest BCUT2D eigenvalue weighted by Gasteiger charge is 2.48. The van der Waals surface area contributed by atoms with Gasteiger partial charge >= 0.3 is 5.97 Å². The van der Waals surface area contributed by atoms with Gasteiger partial charge in [0.05, 0.1) is 0 Å². The van der Waals surface area contributed by atoms with Crippen molar-refractivity contribution in [3.8, 4) is 45.8 Å². The second kappa shape index (κ2) is 11.7. The van der Waals surface area contributed by atoms with Crippen molar-refractivity contribution in [2.45, 2.75) is 57.4 Å². The van der Waals surface area contributed by atoms with Crippen molar-refractivity contribution in [1.29, 1.82) is 0 Å². The molecule has 5 rings (SSSR count). The number of carbonyl (C=O) groups is 1. The molecule has 3 aromatic carbocycles. The SMILES string of the molecule is Cc1cc(Oc2cc(-c3cc(=O)c4c(O)cc(O[C@@H]5O[C@H](C(=O)O)[C@@H](O)[C@H](O)[C@H]5O)cc4o3)ccc2O)c(C(C)C)cc1O. The van der Waals surface area contributed by atoms with Gasteiger partial charge in [-0.1, -0.05) is 13.8 Å². The molecule has 4 aromatic rings. The summed E-state index contributed by atoms with van der Waals surface area (Å²) in [5, 5.41) is 70.6. The lowest BCUT2D eigenvalue weighted by atomic mass is 9.99. The minimum Gasteiger partial charge on any atom is -0.508 e. The van der Waals surface area contributed by atoms with Gasteiger partial charge in [-0.05, 0) is 48.7 Å². The van der Waals surface area contributed by atoms with E-state index in [2.05, 4.69) is 0 Å². The molecule has 1 aliphatic rings. The number of phenolic OH excluding ortho intramolecular Hbond substituents is 3. The van der Waals surface area contributed by atoms with E-state index in [1.165, 1.54) is 24.3 Å². The van der Waals surface area contributed by atoms with Crippen LogP contribution in [-0.4, -0.2) is 72.4 Å². The van der Waals surface area contributed by atoms with E-state index in [-0.39, 0.29) is 45.6 Å². The fraction of sp³-hybridized carbons (Fsp3) is 0.290. The zero-order valence-electron chi connectivity index (χ0n) is 23.7. The Balaban J connectivity index is 1.51. The molecule has 1 saturated heterocycles. The smallest absolute Gasteiger partial charge is 0.335 e. The summed E-state index contributed by atoms with van der Waals surface area (Å²) in [4.78, 5) is 24.4. The van der Waals surface area contributed by atoms with Gasteiger partial charge in [-0.2, -0.15) is 0 Å².